The molecule has 1 unspecified atom stereocenters. The van der Waals surface area contributed by atoms with Crippen LogP contribution in [0.1, 0.15) is 12.0 Å². The van der Waals surface area contributed by atoms with Gasteiger partial charge in [0.05, 0.1) is 18.1 Å². The molecular weight excluding hydrogens is 283 g/mol. The van der Waals surface area contributed by atoms with Gasteiger partial charge in [0.25, 0.3) is 0 Å². The molecule has 7 heteroatoms. The third-order valence-electron chi connectivity index (χ3n) is 2.84. The molecule has 0 spiro atoms. The lowest BCUT2D eigenvalue weighted by Crippen LogP contribution is -2.25. The predicted molar refractivity (Wildman–Crippen MR) is 64.6 cm³/mol. The number of methoxy groups -OCH3 is 1. The van der Waals surface area contributed by atoms with E-state index < -0.39 is 11.7 Å². The minimum Gasteiger partial charge on any atom is -0.497 e. The fraction of sp³-hybridized carbons (Fsp3) is 0.417. The Morgan fingerprint density at radius 3 is 2.53 bits per heavy atom. The highest BCUT2D eigenvalue weighted by molar-refractivity contribution is 6.24. The normalized spacial score (nSPS) is 19.9. The monoisotopic (exact) mass is 293 g/mol. The van der Waals surface area contributed by atoms with Gasteiger partial charge in [0.1, 0.15) is 5.75 Å². The van der Waals surface area contributed by atoms with Gasteiger partial charge < -0.3 is 9.64 Å². The van der Waals surface area contributed by atoms with E-state index in [0.717, 1.165) is 12.1 Å². The second-order valence-electron chi connectivity index (χ2n) is 4.22. The quantitative estimate of drug-likeness (QED) is 0.784. The number of halogens is 4. The highest BCUT2D eigenvalue weighted by Gasteiger charge is 2.34. The third-order valence-corrected chi connectivity index (χ3v) is 3.14. The first-order chi connectivity index (χ1) is 8.81. The van der Waals surface area contributed by atoms with Crippen LogP contribution in [0.5, 0.6) is 5.75 Å². The zero-order valence-corrected chi connectivity index (χ0v) is 10.8. The van der Waals surface area contributed by atoms with E-state index in [1.807, 2.05) is 0 Å². The Labute approximate surface area is 112 Å². The first kappa shape index (κ1) is 14.0. The number of hydrogen-bond donors (Lipinski definition) is 0. The first-order valence-corrected chi connectivity index (χ1v) is 5.95. The van der Waals surface area contributed by atoms with Crippen molar-refractivity contribution in [1.82, 2.24) is 0 Å². The van der Waals surface area contributed by atoms with Gasteiger partial charge in [-0.15, -0.1) is 11.6 Å². The van der Waals surface area contributed by atoms with Gasteiger partial charge in [-0.25, -0.2) is 0 Å². The predicted octanol–water partition coefficient (Wildman–Crippen LogP) is 3.06. The number of hydrogen-bond acceptors (Lipinski definition) is 2. The summed E-state index contributed by atoms with van der Waals surface area (Å²) in [4.78, 5) is 12.9. The molecule has 1 heterocycles. The average molecular weight is 294 g/mol. The minimum absolute atomic E-state index is 0.0515. The summed E-state index contributed by atoms with van der Waals surface area (Å²) in [6, 6.07) is 3.21. The van der Waals surface area contributed by atoms with Crippen molar-refractivity contribution >= 4 is 23.2 Å². The van der Waals surface area contributed by atoms with Gasteiger partial charge in [-0.3, -0.25) is 4.79 Å². The van der Waals surface area contributed by atoms with E-state index in [9.17, 15) is 18.0 Å². The molecule has 0 radical (unpaired) electrons. The van der Waals surface area contributed by atoms with Gasteiger partial charge in [-0.2, -0.15) is 13.2 Å². The zero-order valence-electron chi connectivity index (χ0n) is 10.00. The number of nitrogens with zero attached hydrogens (tertiary/aromatic N) is 1. The van der Waals surface area contributed by atoms with E-state index in [2.05, 4.69) is 0 Å². The van der Waals surface area contributed by atoms with Crippen molar-refractivity contribution in [3.05, 3.63) is 23.8 Å². The number of alkyl halides is 4. The summed E-state index contributed by atoms with van der Waals surface area (Å²) in [7, 11) is 1.27. The number of carbonyl (C=O) groups is 1. The number of anilines is 1. The average Bonchev–Trinajstić information content (AvgIpc) is 2.66. The fourth-order valence-corrected chi connectivity index (χ4v) is 2.20. The molecule has 1 aliphatic rings. The third kappa shape index (κ3) is 2.94. The molecule has 1 fully saturated rings. The molecule has 0 N–H and O–H groups in total. The number of rotatable bonds is 2. The maximum atomic E-state index is 12.8. The first-order valence-electron chi connectivity index (χ1n) is 5.52. The summed E-state index contributed by atoms with van der Waals surface area (Å²) >= 11 is 5.84. The van der Waals surface area contributed by atoms with Crippen molar-refractivity contribution in [2.45, 2.75) is 18.0 Å². The van der Waals surface area contributed by atoms with Crippen LogP contribution in [-0.4, -0.2) is 24.9 Å². The Bertz CT molecular complexity index is 504. The summed E-state index contributed by atoms with van der Waals surface area (Å²) < 4.78 is 43.1. The van der Waals surface area contributed by atoms with Crippen molar-refractivity contribution < 1.29 is 22.7 Å². The molecule has 1 aliphatic heterocycles. The van der Waals surface area contributed by atoms with Gasteiger partial charge in [0.15, 0.2) is 0 Å². The Morgan fingerprint density at radius 1 is 1.37 bits per heavy atom. The van der Waals surface area contributed by atoms with Gasteiger partial charge in [-0.1, -0.05) is 0 Å². The molecular formula is C12H11ClF3NO2. The van der Waals surface area contributed by atoms with Gasteiger partial charge >= 0.3 is 6.18 Å². The lowest BCUT2D eigenvalue weighted by Gasteiger charge is -2.19. The van der Waals surface area contributed by atoms with Crippen LogP contribution in [0.15, 0.2) is 18.2 Å². The molecule has 0 aliphatic carbocycles. The topological polar surface area (TPSA) is 29.5 Å². The summed E-state index contributed by atoms with van der Waals surface area (Å²) in [6.07, 6.45) is -4.37. The molecule has 2 rings (SSSR count). The van der Waals surface area contributed by atoms with Crippen molar-refractivity contribution in [3.63, 3.8) is 0 Å². The molecule has 1 saturated heterocycles. The highest BCUT2D eigenvalue weighted by Crippen LogP contribution is 2.36. The van der Waals surface area contributed by atoms with E-state index in [-0.39, 0.29) is 35.7 Å². The maximum absolute atomic E-state index is 12.8. The summed E-state index contributed by atoms with van der Waals surface area (Å²) in [5.74, 6) is -0.239. The molecule has 0 bridgehead atoms. The van der Waals surface area contributed by atoms with Crippen molar-refractivity contribution in [2.75, 3.05) is 18.6 Å². The molecule has 1 atom stereocenters. The number of carbonyl (C=O) groups excluding carboxylic acids is 1. The van der Waals surface area contributed by atoms with Gasteiger partial charge in [0, 0.05) is 24.7 Å². The molecule has 3 nitrogen and oxygen atoms in total. The standard InChI is InChI=1S/C12H11ClF3NO2/c1-19-10-3-7(12(14,15)16)2-9(5-10)17-6-8(13)4-11(17)18/h2-3,5,8H,4,6H2,1H3. The minimum atomic E-state index is -4.49. The van der Waals surface area contributed by atoms with E-state index in [0.29, 0.717) is 0 Å². The van der Waals surface area contributed by atoms with Crippen molar-refractivity contribution in [1.29, 1.82) is 0 Å². The Hall–Kier alpha value is -1.43. The van der Waals surface area contributed by atoms with Crippen LogP contribution in [0.3, 0.4) is 0 Å². The van der Waals surface area contributed by atoms with Crippen LogP contribution < -0.4 is 9.64 Å². The second-order valence-corrected chi connectivity index (χ2v) is 4.84. The number of benzene rings is 1. The molecule has 0 saturated carbocycles. The summed E-state index contributed by atoms with van der Waals surface area (Å²) in [5.41, 5.74) is -0.701. The Kier molecular flexibility index (Phi) is 3.62. The molecule has 104 valence electrons. The van der Waals surface area contributed by atoms with Crippen LogP contribution in [-0.2, 0) is 11.0 Å². The Balaban J connectivity index is 2.43. The molecule has 1 aromatic rings. The van der Waals surface area contributed by atoms with Gasteiger partial charge in [-0.05, 0) is 12.1 Å². The fourth-order valence-electron chi connectivity index (χ4n) is 1.93. The van der Waals surface area contributed by atoms with Crippen LogP contribution in [0.2, 0.25) is 0 Å². The molecule has 19 heavy (non-hydrogen) atoms. The Morgan fingerprint density at radius 2 is 2.05 bits per heavy atom. The van der Waals surface area contributed by atoms with Crippen LogP contribution >= 0.6 is 11.6 Å². The SMILES string of the molecule is COc1cc(N2CC(Cl)CC2=O)cc(C(F)(F)F)c1. The van der Waals surface area contributed by atoms with E-state index >= 15 is 0 Å². The van der Waals surface area contributed by atoms with Crippen molar-refractivity contribution in [3.8, 4) is 5.75 Å². The number of amides is 1. The number of ether oxygens (including phenoxy) is 1. The van der Waals surface area contributed by atoms with E-state index in [1.54, 1.807) is 0 Å². The maximum Gasteiger partial charge on any atom is 0.416 e. The van der Waals surface area contributed by atoms with Crippen molar-refractivity contribution in [2.24, 2.45) is 0 Å². The summed E-state index contributed by atoms with van der Waals surface area (Å²) in [6.45, 7) is 0.199. The zero-order chi connectivity index (χ0) is 14.2. The van der Waals surface area contributed by atoms with Crippen LogP contribution in [0.25, 0.3) is 0 Å². The van der Waals surface area contributed by atoms with Gasteiger partial charge in [0.2, 0.25) is 5.91 Å². The molecule has 1 aromatic carbocycles. The lowest BCUT2D eigenvalue weighted by molar-refractivity contribution is -0.137. The van der Waals surface area contributed by atoms with Crippen LogP contribution in [0, 0.1) is 0 Å². The molecule has 1 amide bonds. The summed E-state index contributed by atoms with van der Waals surface area (Å²) in [5, 5.41) is -0.381. The smallest absolute Gasteiger partial charge is 0.416 e. The second kappa shape index (κ2) is 4.92. The lowest BCUT2D eigenvalue weighted by atomic mass is 10.1. The van der Waals surface area contributed by atoms with E-state index in [4.69, 9.17) is 16.3 Å². The van der Waals surface area contributed by atoms with E-state index in [1.165, 1.54) is 18.1 Å². The largest absolute Gasteiger partial charge is 0.497 e. The highest BCUT2D eigenvalue weighted by atomic mass is 35.5. The van der Waals surface area contributed by atoms with Crippen LogP contribution in [0.4, 0.5) is 18.9 Å². The molecule has 0 aromatic heterocycles.